The van der Waals surface area contributed by atoms with Gasteiger partial charge in [-0.3, -0.25) is 0 Å². The number of anilines is 1. The quantitative estimate of drug-likeness (QED) is 0.709. The van der Waals surface area contributed by atoms with Crippen LogP contribution in [0, 0.1) is 0 Å². The Balaban J connectivity index is 0.00000150. The van der Waals surface area contributed by atoms with Gasteiger partial charge in [0.25, 0.3) is 0 Å². The van der Waals surface area contributed by atoms with Crippen LogP contribution in [0.25, 0.3) is 28.1 Å². The summed E-state index contributed by atoms with van der Waals surface area (Å²) in [6.45, 7) is 2.44. The normalized spacial score (nSPS) is 15.8. The van der Waals surface area contributed by atoms with Gasteiger partial charge in [-0.2, -0.15) is 4.31 Å². The minimum atomic E-state index is -3.18. The first-order valence-corrected chi connectivity index (χ1v) is 10.3. The summed E-state index contributed by atoms with van der Waals surface area (Å²) in [7, 11) is -3.18. The van der Waals surface area contributed by atoms with E-state index in [0.717, 1.165) is 16.6 Å². The maximum Gasteiger partial charge on any atom is 0.214 e. The number of benzene rings is 1. The molecule has 3 aromatic rings. The van der Waals surface area contributed by atoms with E-state index in [0.29, 0.717) is 42.5 Å². The van der Waals surface area contributed by atoms with Crippen molar-refractivity contribution in [3.8, 4) is 11.5 Å². The molecule has 9 heteroatoms. The second-order valence-electron chi connectivity index (χ2n) is 6.33. The van der Waals surface area contributed by atoms with Crippen LogP contribution >= 0.6 is 0 Å². The van der Waals surface area contributed by atoms with Crippen molar-refractivity contribution in [1.82, 2.24) is 24.2 Å². The Bertz CT molecular complexity index is 1110. The first kappa shape index (κ1) is 17.6. The molecular formula is C18H24N6O2S. The third-order valence-corrected chi connectivity index (χ3v) is 6.52. The van der Waals surface area contributed by atoms with Crippen molar-refractivity contribution in [2.24, 2.45) is 0 Å². The highest BCUT2D eigenvalue weighted by molar-refractivity contribution is 7.89. The van der Waals surface area contributed by atoms with E-state index in [4.69, 9.17) is 5.73 Å². The van der Waals surface area contributed by atoms with Gasteiger partial charge in [-0.15, -0.1) is 0 Å². The Morgan fingerprint density at radius 3 is 2.81 bits per heavy atom. The molecule has 1 aromatic carbocycles. The number of hydrogen-bond donors (Lipinski definition) is 2. The van der Waals surface area contributed by atoms with Crippen molar-refractivity contribution in [2.75, 3.05) is 24.6 Å². The molecule has 8 nitrogen and oxygen atoms in total. The molecule has 2 aromatic heterocycles. The highest BCUT2D eigenvalue weighted by atomic mass is 32.2. The summed E-state index contributed by atoms with van der Waals surface area (Å²) < 4.78 is 25.5. The molecule has 3 heterocycles. The Labute approximate surface area is 160 Å². The zero-order valence-corrected chi connectivity index (χ0v) is 15.7. The first-order valence-electron chi connectivity index (χ1n) is 8.73. The lowest BCUT2D eigenvalue weighted by Gasteiger charge is -2.25. The van der Waals surface area contributed by atoms with Crippen molar-refractivity contribution in [3.05, 3.63) is 42.2 Å². The third-order valence-electron chi connectivity index (χ3n) is 4.67. The largest absolute Gasteiger partial charge is 0.382 e. The number of aromatic amines is 1. The zero-order valence-electron chi connectivity index (χ0n) is 14.9. The average Bonchev–Trinajstić information content (AvgIpc) is 3.12. The monoisotopic (exact) mass is 388 g/mol. The smallest absolute Gasteiger partial charge is 0.214 e. The van der Waals surface area contributed by atoms with Crippen LogP contribution in [0.15, 0.2) is 36.5 Å². The molecule has 144 valence electrons. The molecule has 0 spiro atoms. The molecule has 0 aliphatic carbocycles. The molecule has 0 fully saturated rings. The number of nitrogen functional groups attached to an aromatic ring is 1. The first-order chi connectivity index (χ1) is 13.0. The average molecular weight is 388 g/mol. The van der Waals surface area contributed by atoms with Gasteiger partial charge in [0.15, 0.2) is 11.6 Å². The second-order valence-corrected chi connectivity index (χ2v) is 8.59. The van der Waals surface area contributed by atoms with Crippen LogP contribution in [0.2, 0.25) is 0 Å². The fourth-order valence-electron chi connectivity index (χ4n) is 3.11. The van der Waals surface area contributed by atoms with E-state index in [1.54, 1.807) is 13.1 Å². The number of nitrogens with one attached hydrogen (secondary N) is 1. The Hall–Kier alpha value is -2.78. The molecule has 0 radical (unpaired) electrons. The lowest BCUT2D eigenvalue weighted by Crippen LogP contribution is -2.35. The number of nitrogens with zero attached hydrogens (tertiary/aromatic N) is 4. The summed E-state index contributed by atoms with van der Waals surface area (Å²) in [4.78, 5) is 16.7. The maximum atomic E-state index is 12.0. The number of H-pyrrole nitrogens is 1. The van der Waals surface area contributed by atoms with Gasteiger partial charge < -0.3 is 10.7 Å². The maximum absolute atomic E-state index is 12.0. The number of fused-ring (bicyclic) bond motifs is 1. The number of imidazole rings is 1. The summed E-state index contributed by atoms with van der Waals surface area (Å²) in [6, 6.07) is 7.70. The molecule has 4 rings (SSSR count). The Morgan fingerprint density at radius 2 is 2.11 bits per heavy atom. The number of sulfonamides is 1. The Morgan fingerprint density at radius 1 is 1.30 bits per heavy atom. The summed E-state index contributed by atoms with van der Waals surface area (Å²) in [5, 5.41) is 0. The van der Waals surface area contributed by atoms with Gasteiger partial charge in [0.05, 0.1) is 28.7 Å². The van der Waals surface area contributed by atoms with Gasteiger partial charge in [0.1, 0.15) is 5.69 Å². The topological polar surface area (TPSA) is 118 Å². The van der Waals surface area contributed by atoms with Crippen LogP contribution in [-0.4, -0.2) is 51.5 Å². The van der Waals surface area contributed by atoms with Crippen molar-refractivity contribution >= 4 is 32.4 Å². The lowest BCUT2D eigenvalue weighted by atomic mass is 10.1. The van der Waals surface area contributed by atoms with Crippen LogP contribution in [0.1, 0.15) is 21.9 Å². The summed E-state index contributed by atoms with van der Waals surface area (Å²) in [6.07, 6.45) is 4.09. The molecule has 3 N–H and O–H groups in total. The van der Waals surface area contributed by atoms with Crippen molar-refractivity contribution in [2.45, 2.75) is 13.3 Å². The van der Waals surface area contributed by atoms with Gasteiger partial charge >= 0.3 is 0 Å². The SMILES string of the molecule is CCS(=O)(=O)N1CC=C(c2cnc(N)c(-c3nc4ccccc4[nH]3)n2)CC1.[HH].[HH]. The minimum absolute atomic E-state index is 0. The molecule has 0 saturated carbocycles. The molecule has 1 aliphatic heterocycles. The van der Waals surface area contributed by atoms with E-state index in [1.807, 2.05) is 30.3 Å². The second kappa shape index (κ2) is 6.75. The summed E-state index contributed by atoms with van der Waals surface area (Å²) in [5.41, 5.74) is 9.90. The zero-order chi connectivity index (χ0) is 19.0. The summed E-state index contributed by atoms with van der Waals surface area (Å²) in [5.74, 6) is 0.965. The van der Waals surface area contributed by atoms with E-state index in [1.165, 1.54) is 4.31 Å². The number of para-hydroxylation sites is 2. The predicted octanol–water partition coefficient (Wildman–Crippen LogP) is 2.53. The van der Waals surface area contributed by atoms with Gasteiger partial charge in [0, 0.05) is 15.9 Å². The number of rotatable bonds is 4. The van der Waals surface area contributed by atoms with Crippen LogP contribution in [0.3, 0.4) is 0 Å². The van der Waals surface area contributed by atoms with Gasteiger partial charge in [0.2, 0.25) is 10.0 Å². The molecule has 0 atom stereocenters. The molecule has 1 aliphatic rings. The highest BCUT2D eigenvalue weighted by Crippen LogP contribution is 2.27. The van der Waals surface area contributed by atoms with E-state index in [9.17, 15) is 8.42 Å². The van der Waals surface area contributed by atoms with E-state index >= 15 is 0 Å². The van der Waals surface area contributed by atoms with Crippen molar-refractivity contribution < 1.29 is 11.3 Å². The highest BCUT2D eigenvalue weighted by Gasteiger charge is 2.23. The molecule has 0 saturated heterocycles. The van der Waals surface area contributed by atoms with Gasteiger partial charge in [-0.25, -0.2) is 23.4 Å². The molecule has 0 bridgehead atoms. The number of hydrogen-bond acceptors (Lipinski definition) is 6. The predicted molar refractivity (Wildman–Crippen MR) is 109 cm³/mol. The van der Waals surface area contributed by atoms with Crippen molar-refractivity contribution in [1.29, 1.82) is 0 Å². The molecule has 0 amide bonds. The summed E-state index contributed by atoms with van der Waals surface area (Å²) >= 11 is 0. The Kier molecular flexibility index (Phi) is 4.40. The van der Waals surface area contributed by atoms with E-state index < -0.39 is 10.0 Å². The fraction of sp³-hybridized carbons (Fsp3) is 0.278. The van der Waals surface area contributed by atoms with Crippen LogP contribution in [0.4, 0.5) is 5.82 Å². The standard InChI is InChI=1S/C18H20N6O2S.2H2/c1-2-27(25,26)24-9-7-12(8-10-24)15-11-20-17(19)16(21-15)18-22-13-5-3-4-6-14(13)23-18;;/h3-7,11H,2,8-10H2,1H3,(H2,19,20)(H,22,23);2*1H. The molecule has 0 unspecified atom stereocenters. The van der Waals surface area contributed by atoms with E-state index in [-0.39, 0.29) is 8.61 Å². The molecular weight excluding hydrogens is 364 g/mol. The number of aromatic nitrogens is 4. The van der Waals surface area contributed by atoms with Gasteiger partial charge in [-0.1, -0.05) is 18.2 Å². The van der Waals surface area contributed by atoms with E-state index in [2.05, 4.69) is 19.9 Å². The number of nitrogens with two attached hydrogens (primary N) is 1. The van der Waals surface area contributed by atoms with Crippen molar-refractivity contribution in [3.63, 3.8) is 0 Å². The van der Waals surface area contributed by atoms with Crippen LogP contribution < -0.4 is 5.73 Å². The van der Waals surface area contributed by atoms with Crippen LogP contribution in [-0.2, 0) is 10.0 Å². The van der Waals surface area contributed by atoms with Gasteiger partial charge in [-0.05, 0) is 31.1 Å². The van der Waals surface area contributed by atoms with Crippen LogP contribution in [0.5, 0.6) is 0 Å². The lowest BCUT2D eigenvalue weighted by molar-refractivity contribution is 0.442. The third kappa shape index (κ3) is 3.31. The minimum Gasteiger partial charge on any atom is -0.382 e. The molecule has 27 heavy (non-hydrogen) atoms. The fourth-order valence-corrected chi connectivity index (χ4v) is 4.15.